The van der Waals surface area contributed by atoms with Gasteiger partial charge in [0, 0.05) is 19.6 Å². The zero-order valence-electron chi connectivity index (χ0n) is 14.3. The minimum atomic E-state index is -1.56. The van der Waals surface area contributed by atoms with Gasteiger partial charge in [-0.15, -0.1) is 0 Å². The minimum Gasteiger partial charge on any atom is -0.387 e. The fourth-order valence-corrected chi connectivity index (χ4v) is 2.97. The first-order valence-electron chi connectivity index (χ1n) is 8.18. The molecule has 25 heavy (non-hydrogen) atoms. The highest BCUT2D eigenvalue weighted by Gasteiger charge is 2.45. The molecule has 136 valence electrons. The highest BCUT2D eigenvalue weighted by Crippen LogP contribution is 2.34. The van der Waals surface area contributed by atoms with Gasteiger partial charge in [0.2, 0.25) is 0 Å². The first-order valence-corrected chi connectivity index (χ1v) is 8.18. The maximum atomic E-state index is 14.7. The maximum absolute atomic E-state index is 14.7. The summed E-state index contributed by atoms with van der Waals surface area (Å²) in [6.07, 6.45) is 2.27. The molecule has 4 atom stereocenters. The Hall–Kier alpha value is -1.94. The zero-order valence-corrected chi connectivity index (χ0v) is 14.3. The van der Waals surface area contributed by atoms with E-state index in [1.54, 1.807) is 0 Å². The number of aromatic nitrogens is 4. The number of likely N-dealkylation sites (N-methyl/N-ethyl adjacent to an activating group) is 1. The van der Waals surface area contributed by atoms with Gasteiger partial charge in [-0.05, 0) is 14.0 Å². The molecular weight excluding hydrogens is 327 g/mol. The molecule has 0 amide bonds. The highest BCUT2D eigenvalue weighted by atomic mass is 19.1. The molecule has 0 radical (unpaired) electrons. The lowest BCUT2D eigenvalue weighted by Gasteiger charge is -2.21. The van der Waals surface area contributed by atoms with E-state index >= 15 is 0 Å². The number of nitrogens with two attached hydrogens (primary N) is 1. The predicted octanol–water partition coefficient (Wildman–Crippen LogP) is 0.178. The lowest BCUT2D eigenvalue weighted by molar-refractivity contribution is -0.0330. The molecule has 0 aliphatic carbocycles. The van der Waals surface area contributed by atoms with Crippen LogP contribution in [0.25, 0.3) is 11.2 Å². The van der Waals surface area contributed by atoms with Crippen LogP contribution in [0.2, 0.25) is 0 Å². The Labute approximate surface area is 145 Å². The molecule has 0 unspecified atom stereocenters. The van der Waals surface area contributed by atoms with E-state index in [1.807, 2.05) is 31.0 Å². The third-order valence-corrected chi connectivity index (χ3v) is 4.32. The number of fused-ring (bicyclic) bond motifs is 1. The van der Waals surface area contributed by atoms with E-state index in [-0.39, 0.29) is 0 Å². The van der Waals surface area contributed by atoms with E-state index < -0.39 is 24.6 Å². The van der Waals surface area contributed by atoms with Crippen molar-refractivity contribution in [1.82, 2.24) is 24.4 Å². The van der Waals surface area contributed by atoms with Crippen molar-refractivity contribution < 1.29 is 14.2 Å². The number of hydrogen-bond donors (Lipinski definition) is 2. The smallest absolute Gasteiger partial charge is 0.173 e. The molecule has 1 saturated heterocycles. The molecule has 1 aliphatic heterocycles. The van der Waals surface area contributed by atoms with Gasteiger partial charge in [0.05, 0.1) is 12.0 Å². The van der Waals surface area contributed by atoms with E-state index in [0.29, 0.717) is 36.5 Å². The maximum Gasteiger partial charge on any atom is 0.173 e. The molecule has 9 heteroatoms. The monoisotopic (exact) mass is 350 g/mol. The number of nitrogens with zero attached hydrogens (tertiary/aromatic N) is 5. The SMILES string of the molecule is Cc1ncnc2c1ncn2[C@@H]1O[C@H](CN(C)C/C=C/CN)[C@@H](O)[C@H]1F. The van der Waals surface area contributed by atoms with Crippen molar-refractivity contribution >= 4 is 11.2 Å². The molecule has 2 aromatic rings. The first-order chi connectivity index (χ1) is 12.0. The lowest BCUT2D eigenvalue weighted by Crippen LogP contribution is -2.37. The molecule has 0 spiro atoms. The number of aryl methyl sites for hydroxylation is 1. The van der Waals surface area contributed by atoms with Gasteiger partial charge in [0.25, 0.3) is 0 Å². The Morgan fingerprint density at radius 2 is 2.20 bits per heavy atom. The molecule has 3 N–H and O–H groups in total. The molecular formula is C16H23FN6O2. The van der Waals surface area contributed by atoms with Gasteiger partial charge in [-0.3, -0.25) is 4.57 Å². The Bertz CT molecular complexity index is 751. The number of imidazole rings is 1. The molecule has 2 aromatic heterocycles. The minimum absolute atomic E-state index is 0.396. The topological polar surface area (TPSA) is 102 Å². The van der Waals surface area contributed by atoms with Gasteiger partial charge in [-0.2, -0.15) is 0 Å². The van der Waals surface area contributed by atoms with Gasteiger partial charge < -0.3 is 20.5 Å². The van der Waals surface area contributed by atoms with Crippen molar-refractivity contribution in [3.8, 4) is 0 Å². The predicted molar refractivity (Wildman–Crippen MR) is 90.6 cm³/mol. The van der Waals surface area contributed by atoms with Crippen LogP contribution < -0.4 is 5.73 Å². The Balaban J connectivity index is 1.75. The van der Waals surface area contributed by atoms with E-state index in [9.17, 15) is 9.50 Å². The van der Waals surface area contributed by atoms with Crippen molar-refractivity contribution in [2.45, 2.75) is 31.5 Å². The molecule has 0 bridgehead atoms. The summed E-state index contributed by atoms with van der Waals surface area (Å²) >= 11 is 0. The number of rotatable bonds is 6. The Morgan fingerprint density at radius 3 is 2.96 bits per heavy atom. The van der Waals surface area contributed by atoms with Crippen LogP contribution in [0.3, 0.4) is 0 Å². The fourth-order valence-electron chi connectivity index (χ4n) is 2.97. The molecule has 3 rings (SSSR count). The first kappa shape index (κ1) is 17.9. The summed E-state index contributed by atoms with van der Waals surface area (Å²) in [5, 5.41) is 10.2. The van der Waals surface area contributed by atoms with Crippen LogP contribution in [0, 0.1) is 6.92 Å². The molecule has 0 saturated carbocycles. The normalized spacial score (nSPS) is 27.1. The summed E-state index contributed by atoms with van der Waals surface area (Å²) in [5.74, 6) is 0. The second-order valence-corrected chi connectivity index (χ2v) is 6.21. The van der Waals surface area contributed by atoms with Crippen LogP contribution in [0.15, 0.2) is 24.8 Å². The largest absolute Gasteiger partial charge is 0.387 e. The van der Waals surface area contributed by atoms with E-state index in [0.717, 1.165) is 0 Å². The van der Waals surface area contributed by atoms with Crippen LogP contribution >= 0.6 is 0 Å². The summed E-state index contributed by atoms with van der Waals surface area (Å²) in [5.41, 5.74) is 7.21. The van der Waals surface area contributed by atoms with Gasteiger partial charge in [-0.25, -0.2) is 19.3 Å². The summed E-state index contributed by atoms with van der Waals surface area (Å²) < 4.78 is 22.0. The summed E-state index contributed by atoms with van der Waals surface area (Å²) in [6, 6.07) is 0. The van der Waals surface area contributed by atoms with Crippen LogP contribution in [-0.4, -0.2) is 74.6 Å². The average molecular weight is 350 g/mol. The van der Waals surface area contributed by atoms with E-state index in [1.165, 1.54) is 17.2 Å². The molecule has 3 heterocycles. The summed E-state index contributed by atoms with van der Waals surface area (Å²) in [6.45, 7) is 3.32. The van der Waals surface area contributed by atoms with Gasteiger partial charge in [0.1, 0.15) is 24.1 Å². The van der Waals surface area contributed by atoms with Crippen molar-refractivity contribution in [2.24, 2.45) is 5.73 Å². The molecule has 0 aromatic carbocycles. The van der Waals surface area contributed by atoms with Crippen LogP contribution in [0.5, 0.6) is 0 Å². The number of ether oxygens (including phenoxy) is 1. The van der Waals surface area contributed by atoms with Crippen LogP contribution in [-0.2, 0) is 4.74 Å². The van der Waals surface area contributed by atoms with Gasteiger partial charge in [-0.1, -0.05) is 12.2 Å². The van der Waals surface area contributed by atoms with Crippen molar-refractivity contribution in [2.75, 3.05) is 26.7 Å². The number of aliphatic hydroxyl groups excluding tert-OH is 1. The standard InChI is InChI=1S/C16H23FN6O2/c1-10-13-15(20-8-19-10)23(9-21-13)16-12(17)14(24)11(25-16)7-22(2)6-4-3-5-18/h3-4,8-9,11-12,14,16,24H,5-7,18H2,1-2H3/b4-3+/t11-,12-,14-,16-/m1/s1. The average Bonchev–Trinajstić information content (AvgIpc) is 3.13. The molecule has 1 aliphatic rings. The van der Waals surface area contributed by atoms with E-state index in [4.69, 9.17) is 10.5 Å². The van der Waals surface area contributed by atoms with Crippen molar-refractivity contribution in [1.29, 1.82) is 0 Å². The molecule has 1 fully saturated rings. The molecule has 8 nitrogen and oxygen atoms in total. The van der Waals surface area contributed by atoms with Gasteiger partial charge >= 0.3 is 0 Å². The van der Waals surface area contributed by atoms with Gasteiger partial charge in [0.15, 0.2) is 18.0 Å². The van der Waals surface area contributed by atoms with Crippen LogP contribution in [0.4, 0.5) is 4.39 Å². The highest BCUT2D eigenvalue weighted by molar-refractivity contribution is 5.72. The number of alkyl halides is 1. The quantitative estimate of drug-likeness (QED) is 0.716. The lowest BCUT2D eigenvalue weighted by atomic mass is 10.1. The second-order valence-electron chi connectivity index (χ2n) is 6.21. The Morgan fingerprint density at radius 1 is 1.40 bits per heavy atom. The second kappa shape index (κ2) is 7.52. The van der Waals surface area contributed by atoms with Crippen molar-refractivity contribution in [3.63, 3.8) is 0 Å². The van der Waals surface area contributed by atoms with Crippen LogP contribution in [0.1, 0.15) is 11.9 Å². The van der Waals surface area contributed by atoms with E-state index in [2.05, 4.69) is 15.0 Å². The van der Waals surface area contributed by atoms with Crippen molar-refractivity contribution in [3.05, 3.63) is 30.5 Å². The number of aliphatic hydroxyl groups is 1. The third kappa shape index (κ3) is 3.54. The third-order valence-electron chi connectivity index (χ3n) is 4.32. The summed E-state index contributed by atoms with van der Waals surface area (Å²) in [4.78, 5) is 14.4. The summed E-state index contributed by atoms with van der Waals surface area (Å²) in [7, 11) is 1.88. The number of hydrogen-bond acceptors (Lipinski definition) is 7. The fraction of sp³-hybridized carbons (Fsp3) is 0.562. The zero-order chi connectivity index (χ0) is 18.0. The Kier molecular flexibility index (Phi) is 5.38. The number of halogens is 1.